The van der Waals surface area contributed by atoms with E-state index in [0.717, 1.165) is 35.7 Å². The number of hydrogen-bond donors (Lipinski definition) is 1. The van der Waals surface area contributed by atoms with E-state index < -0.39 is 5.91 Å². The Morgan fingerprint density at radius 2 is 2.17 bits per heavy atom. The molecule has 0 radical (unpaired) electrons. The molecular formula is C17H22N4O2. The van der Waals surface area contributed by atoms with Crippen LogP contribution in [-0.2, 0) is 6.54 Å². The molecule has 3 saturated heterocycles. The Kier molecular flexibility index (Phi) is 3.49. The van der Waals surface area contributed by atoms with Crippen molar-refractivity contribution in [2.45, 2.75) is 19.4 Å². The van der Waals surface area contributed by atoms with Crippen molar-refractivity contribution in [2.75, 3.05) is 26.7 Å². The van der Waals surface area contributed by atoms with Gasteiger partial charge in [-0.15, -0.1) is 0 Å². The summed E-state index contributed by atoms with van der Waals surface area (Å²) in [6.07, 6.45) is 2.55. The molecule has 3 aliphatic heterocycles. The van der Waals surface area contributed by atoms with Gasteiger partial charge in [0.2, 0.25) is 0 Å². The van der Waals surface area contributed by atoms with Crippen molar-refractivity contribution in [3.05, 3.63) is 23.9 Å². The van der Waals surface area contributed by atoms with Gasteiger partial charge >= 0.3 is 0 Å². The lowest BCUT2D eigenvalue weighted by molar-refractivity contribution is 0.0411. The Labute approximate surface area is 135 Å². The van der Waals surface area contributed by atoms with Gasteiger partial charge < -0.3 is 15.4 Å². The van der Waals surface area contributed by atoms with Gasteiger partial charge in [0.25, 0.3) is 5.91 Å². The lowest BCUT2D eigenvalue weighted by Gasteiger charge is -2.44. The van der Waals surface area contributed by atoms with E-state index in [4.69, 9.17) is 10.5 Å². The van der Waals surface area contributed by atoms with Crippen LogP contribution in [0.15, 0.2) is 18.2 Å². The highest BCUT2D eigenvalue weighted by Crippen LogP contribution is 2.34. The van der Waals surface area contributed by atoms with Crippen LogP contribution in [-0.4, -0.2) is 47.3 Å². The first-order valence-electron chi connectivity index (χ1n) is 8.22. The van der Waals surface area contributed by atoms with Gasteiger partial charge in [0, 0.05) is 24.5 Å². The van der Waals surface area contributed by atoms with E-state index in [0.29, 0.717) is 11.6 Å². The number of rotatable bonds is 4. The summed E-state index contributed by atoms with van der Waals surface area (Å²) in [6.45, 7) is 4.41. The quantitative estimate of drug-likeness (QED) is 0.928. The van der Waals surface area contributed by atoms with E-state index in [-0.39, 0.29) is 0 Å². The molecule has 3 fully saturated rings. The number of aromatic nitrogens is 2. The molecule has 5 rings (SSSR count). The van der Waals surface area contributed by atoms with Crippen LogP contribution in [0.1, 0.15) is 23.3 Å². The number of amides is 1. The highest BCUT2D eigenvalue weighted by atomic mass is 16.5. The Hall–Kier alpha value is -2.08. The minimum Gasteiger partial charge on any atom is -0.497 e. The molecule has 2 bridgehead atoms. The van der Waals surface area contributed by atoms with E-state index in [1.807, 2.05) is 22.9 Å². The summed E-state index contributed by atoms with van der Waals surface area (Å²) in [5.41, 5.74) is 6.78. The number of ether oxygens (including phenoxy) is 1. The summed E-state index contributed by atoms with van der Waals surface area (Å²) in [5, 5.41) is 5.32. The van der Waals surface area contributed by atoms with Gasteiger partial charge in [-0.05, 0) is 49.9 Å². The fourth-order valence-corrected chi connectivity index (χ4v) is 4.12. The fraction of sp³-hybridized carbons (Fsp3) is 0.529. The number of nitrogens with two attached hydrogens (primary N) is 1. The Morgan fingerprint density at radius 3 is 2.78 bits per heavy atom. The summed E-state index contributed by atoms with van der Waals surface area (Å²) in [7, 11) is 1.64. The fourth-order valence-electron chi connectivity index (χ4n) is 4.12. The Morgan fingerprint density at radius 1 is 1.39 bits per heavy atom. The molecule has 0 saturated carbocycles. The van der Waals surface area contributed by atoms with Gasteiger partial charge in [0.05, 0.1) is 12.6 Å². The molecule has 6 nitrogen and oxygen atoms in total. The number of carbonyl (C=O) groups is 1. The van der Waals surface area contributed by atoms with E-state index >= 15 is 0 Å². The number of carbonyl (C=O) groups excluding carboxylic acids is 1. The Balaban J connectivity index is 1.72. The highest BCUT2D eigenvalue weighted by molar-refractivity contribution is 6.04. The van der Waals surface area contributed by atoms with Gasteiger partial charge in [-0.2, -0.15) is 5.10 Å². The highest BCUT2D eigenvalue weighted by Gasteiger charge is 2.34. The van der Waals surface area contributed by atoms with Crippen molar-refractivity contribution in [3.8, 4) is 5.75 Å². The molecule has 0 aliphatic carbocycles. The molecule has 0 unspecified atom stereocenters. The normalized spacial score (nSPS) is 26.6. The first kappa shape index (κ1) is 14.5. The molecule has 1 aromatic heterocycles. The summed E-state index contributed by atoms with van der Waals surface area (Å²) in [4.78, 5) is 14.2. The maximum atomic E-state index is 11.7. The van der Waals surface area contributed by atoms with E-state index in [9.17, 15) is 4.79 Å². The number of methoxy groups -OCH3 is 1. The molecule has 1 aromatic carbocycles. The molecule has 2 aromatic rings. The third kappa shape index (κ3) is 2.47. The van der Waals surface area contributed by atoms with Gasteiger partial charge in [0.1, 0.15) is 5.75 Å². The second-order valence-corrected chi connectivity index (χ2v) is 6.68. The van der Waals surface area contributed by atoms with Crippen molar-refractivity contribution in [3.63, 3.8) is 0 Å². The van der Waals surface area contributed by atoms with Gasteiger partial charge in [-0.25, -0.2) is 0 Å². The third-order valence-electron chi connectivity index (χ3n) is 5.39. The monoisotopic (exact) mass is 314 g/mol. The number of benzene rings is 1. The van der Waals surface area contributed by atoms with Crippen LogP contribution in [0.4, 0.5) is 0 Å². The minimum absolute atomic E-state index is 0.351. The van der Waals surface area contributed by atoms with Gasteiger partial charge in [0.15, 0.2) is 5.69 Å². The molecule has 0 spiro atoms. The van der Waals surface area contributed by atoms with Crippen LogP contribution < -0.4 is 10.5 Å². The second kappa shape index (κ2) is 5.53. The number of nitrogens with zero attached hydrogens (tertiary/aromatic N) is 3. The average Bonchev–Trinajstić information content (AvgIpc) is 2.94. The summed E-state index contributed by atoms with van der Waals surface area (Å²) >= 11 is 0. The molecular weight excluding hydrogens is 292 g/mol. The molecule has 6 heteroatoms. The maximum absolute atomic E-state index is 11.7. The second-order valence-electron chi connectivity index (χ2n) is 6.68. The van der Waals surface area contributed by atoms with E-state index in [1.165, 1.54) is 25.9 Å². The van der Waals surface area contributed by atoms with Crippen LogP contribution in [0, 0.1) is 11.8 Å². The van der Waals surface area contributed by atoms with E-state index in [2.05, 4.69) is 10.00 Å². The van der Waals surface area contributed by atoms with Crippen LogP contribution in [0.5, 0.6) is 5.75 Å². The largest absolute Gasteiger partial charge is 0.497 e. The van der Waals surface area contributed by atoms with Crippen molar-refractivity contribution in [2.24, 2.45) is 17.6 Å². The predicted octanol–water partition coefficient (Wildman–Crippen LogP) is 1.49. The zero-order valence-corrected chi connectivity index (χ0v) is 13.4. The molecule has 2 N–H and O–H groups in total. The summed E-state index contributed by atoms with van der Waals surface area (Å²) in [6, 6.07) is 5.65. The van der Waals surface area contributed by atoms with Crippen LogP contribution in [0.2, 0.25) is 0 Å². The average molecular weight is 314 g/mol. The smallest absolute Gasteiger partial charge is 0.269 e. The first-order chi connectivity index (χ1) is 11.2. The zero-order chi connectivity index (χ0) is 16.0. The van der Waals surface area contributed by atoms with E-state index in [1.54, 1.807) is 7.11 Å². The van der Waals surface area contributed by atoms with Gasteiger partial charge in [-0.3, -0.25) is 9.48 Å². The number of piperidine rings is 3. The molecule has 3 aliphatic rings. The van der Waals surface area contributed by atoms with Crippen LogP contribution in [0.3, 0.4) is 0 Å². The standard InChI is InChI=1S/C17H22N4O2/c1-23-13-2-3-14-15(8-13)21(19-16(14)17(18)22)10-12-9-20-6-4-11(12)5-7-20/h2-3,8,11-12H,4-7,9-10H2,1H3,(H2,18,22)/t12-/m1/s1. The lowest BCUT2D eigenvalue weighted by Crippen LogP contribution is -2.48. The van der Waals surface area contributed by atoms with Crippen molar-refractivity contribution >= 4 is 16.8 Å². The molecule has 4 heterocycles. The molecule has 1 amide bonds. The summed E-state index contributed by atoms with van der Waals surface area (Å²) < 4.78 is 7.27. The predicted molar refractivity (Wildman–Crippen MR) is 87.5 cm³/mol. The lowest BCUT2D eigenvalue weighted by atomic mass is 9.79. The topological polar surface area (TPSA) is 73.4 Å². The maximum Gasteiger partial charge on any atom is 0.269 e. The number of primary amides is 1. The summed E-state index contributed by atoms with van der Waals surface area (Å²) in [5.74, 6) is 1.64. The van der Waals surface area contributed by atoms with Crippen LogP contribution in [0.25, 0.3) is 10.9 Å². The molecule has 122 valence electrons. The Bertz CT molecular complexity index is 746. The number of fused-ring (bicyclic) bond motifs is 4. The zero-order valence-electron chi connectivity index (χ0n) is 13.4. The van der Waals surface area contributed by atoms with Crippen molar-refractivity contribution in [1.29, 1.82) is 0 Å². The van der Waals surface area contributed by atoms with Crippen LogP contribution >= 0.6 is 0 Å². The molecule has 23 heavy (non-hydrogen) atoms. The minimum atomic E-state index is -0.479. The molecule has 1 atom stereocenters. The van der Waals surface area contributed by atoms with Gasteiger partial charge in [-0.1, -0.05) is 0 Å². The third-order valence-corrected chi connectivity index (χ3v) is 5.39. The SMILES string of the molecule is COc1ccc2c(C(N)=O)nn(C[C@H]3CN4CCC3CC4)c2c1. The van der Waals surface area contributed by atoms with Crippen molar-refractivity contribution < 1.29 is 9.53 Å². The number of hydrogen-bond acceptors (Lipinski definition) is 4. The van der Waals surface area contributed by atoms with Crippen molar-refractivity contribution in [1.82, 2.24) is 14.7 Å². The first-order valence-corrected chi connectivity index (χ1v) is 8.22.